The third kappa shape index (κ3) is 2.41. The van der Waals surface area contributed by atoms with Crippen molar-refractivity contribution >= 4 is 11.8 Å². The minimum absolute atomic E-state index is 1.16. The third-order valence-corrected chi connectivity index (χ3v) is 2.76. The summed E-state index contributed by atoms with van der Waals surface area (Å²) < 4.78 is 0. The van der Waals surface area contributed by atoms with Crippen molar-refractivity contribution in [3.63, 3.8) is 0 Å². The van der Waals surface area contributed by atoms with Gasteiger partial charge < -0.3 is 5.32 Å². The number of fused-ring (bicyclic) bond motifs is 1. The zero-order valence-electron chi connectivity index (χ0n) is 9.29. The fourth-order valence-corrected chi connectivity index (χ4v) is 1.82. The Balaban J connectivity index is 1.71. The molecule has 0 aromatic heterocycles. The number of rotatable bonds is 6. The van der Waals surface area contributed by atoms with E-state index in [1.807, 2.05) is 0 Å². The van der Waals surface area contributed by atoms with Gasteiger partial charge >= 0.3 is 0 Å². The van der Waals surface area contributed by atoms with E-state index in [1.165, 1.54) is 36.1 Å². The molecular weight excluding hydrogens is 182 g/mol. The summed E-state index contributed by atoms with van der Waals surface area (Å²) in [6, 6.07) is 8.48. The summed E-state index contributed by atoms with van der Waals surface area (Å²) in [5, 5.41) is 3.37. The number of benzene rings is 1. The highest BCUT2D eigenvalue weighted by Crippen LogP contribution is 2.29. The summed E-state index contributed by atoms with van der Waals surface area (Å²) in [4.78, 5) is 0. The van der Waals surface area contributed by atoms with Crippen molar-refractivity contribution in [3.8, 4) is 0 Å². The van der Waals surface area contributed by atoms with E-state index < -0.39 is 0 Å². The first kappa shape index (κ1) is 10.3. The second kappa shape index (κ2) is 5.01. The van der Waals surface area contributed by atoms with E-state index in [9.17, 15) is 0 Å². The zero-order valence-corrected chi connectivity index (χ0v) is 9.29. The van der Waals surface area contributed by atoms with Crippen LogP contribution in [0.1, 0.15) is 43.7 Å². The summed E-state index contributed by atoms with van der Waals surface area (Å²) in [5.41, 5.74) is 3.97. The van der Waals surface area contributed by atoms with E-state index in [1.54, 1.807) is 0 Å². The average molecular weight is 200 g/mol. The van der Waals surface area contributed by atoms with Crippen molar-refractivity contribution < 1.29 is 0 Å². The summed E-state index contributed by atoms with van der Waals surface area (Å²) in [5.74, 6) is 0. The molecule has 0 bridgehead atoms. The van der Waals surface area contributed by atoms with Gasteiger partial charge in [0.15, 0.2) is 0 Å². The van der Waals surface area contributed by atoms with Crippen LogP contribution in [-0.2, 0) is 0 Å². The largest absolute Gasteiger partial charge is 0.380 e. The molecule has 0 atom stereocenters. The van der Waals surface area contributed by atoms with Gasteiger partial charge in [-0.25, -0.2) is 0 Å². The Morgan fingerprint density at radius 1 is 1.20 bits per heavy atom. The standard InChI is InChI=1S/C14H18N/c1-2-3-4-7-10-15-14-11-12-8-5-6-9-13(12)14/h5-6,8-11,15H,2-4,7H2,1H3. The molecular formula is C14H18N. The van der Waals surface area contributed by atoms with Gasteiger partial charge in [0.1, 0.15) is 0 Å². The average Bonchev–Trinajstić information content (AvgIpc) is 2.24. The summed E-state index contributed by atoms with van der Waals surface area (Å²) in [6.45, 7) is 4.41. The van der Waals surface area contributed by atoms with E-state index >= 15 is 0 Å². The zero-order chi connectivity index (χ0) is 10.5. The highest BCUT2D eigenvalue weighted by Gasteiger charge is 2.13. The molecule has 1 aliphatic rings. The molecule has 0 saturated heterocycles. The van der Waals surface area contributed by atoms with Gasteiger partial charge in [0.05, 0.1) is 0 Å². The van der Waals surface area contributed by atoms with Crippen LogP contribution in [0.3, 0.4) is 0 Å². The van der Waals surface area contributed by atoms with Crippen molar-refractivity contribution in [2.24, 2.45) is 0 Å². The molecule has 15 heavy (non-hydrogen) atoms. The second-order valence-electron chi connectivity index (χ2n) is 3.99. The van der Waals surface area contributed by atoms with Gasteiger partial charge in [-0.05, 0) is 18.1 Å². The molecule has 1 N–H and O–H groups in total. The fourth-order valence-electron chi connectivity index (χ4n) is 1.82. The molecule has 2 rings (SSSR count). The third-order valence-electron chi connectivity index (χ3n) is 2.76. The minimum Gasteiger partial charge on any atom is -0.380 e. The predicted molar refractivity (Wildman–Crippen MR) is 65.9 cm³/mol. The molecule has 1 nitrogen and oxygen atoms in total. The van der Waals surface area contributed by atoms with Crippen molar-refractivity contribution in [1.29, 1.82) is 0 Å². The molecule has 1 radical (unpaired) electrons. The van der Waals surface area contributed by atoms with Crippen LogP contribution in [0.25, 0.3) is 11.8 Å². The first-order chi connectivity index (χ1) is 7.42. The maximum Gasteiger partial charge on any atom is 0.0462 e. The molecule has 0 aliphatic heterocycles. The van der Waals surface area contributed by atoms with E-state index in [0.717, 1.165) is 6.42 Å². The molecule has 0 heterocycles. The van der Waals surface area contributed by atoms with Crippen molar-refractivity contribution in [3.05, 3.63) is 41.9 Å². The van der Waals surface area contributed by atoms with Crippen LogP contribution in [0.5, 0.6) is 0 Å². The van der Waals surface area contributed by atoms with Crippen molar-refractivity contribution in [2.75, 3.05) is 0 Å². The van der Waals surface area contributed by atoms with Crippen molar-refractivity contribution in [2.45, 2.75) is 32.6 Å². The first-order valence-corrected chi connectivity index (χ1v) is 5.81. The molecule has 1 aliphatic carbocycles. The van der Waals surface area contributed by atoms with Crippen LogP contribution >= 0.6 is 0 Å². The van der Waals surface area contributed by atoms with Crippen LogP contribution in [0.15, 0.2) is 24.3 Å². The van der Waals surface area contributed by atoms with E-state index in [2.05, 4.69) is 49.1 Å². The summed E-state index contributed by atoms with van der Waals surface area (Å²) in [7, 11) is 0. The molecule has 1 aromatic rings. The van der Waals surface area contributed by atoms with Crippen LogP contribution < -0.4 is 5.32 Å². The Bertz CT molecular complexity index is 352. The molecule has 0 amide bonds. The van der Waals surface area contributed by atoms with E-state index in [0.29, 0.717) is 0 Å². The van der Waals surface area contributed by atoms with Gasteiger partial charge in [-0.15, -0.1) is 0 Å². The van der Waals surface area contributed by atoms with Crippen LogP contribution in [-0.4, -0.2) is 0 Å². The maximum absolute atomic E-state index is 3.37. The lowest BCUT2D eigenvalue weighted by Gasteiger charge is -2.20. The number of hydrogen-bond acceptors (Lipinski definition) is 1. The topological polar surface area (TPSA) is 12.0 Å². The Morgan fingerprint density at radius 2 is 2.07 bits per heavy atom. The molecule has 1 heteroatoms. The lowest BCUT2D eigenvalue weighted by atomic mass is 9.94. The predicted octanol–water partition coefficient (Wildman–Crippen LogP) is 3.83. The van der Waals surface area contributed by atoms with Crippen LogP contribution in [0, 0.1) is 6.54 Å². The summed E-state index contributed by atoms with van der Waals surface area (Å²) >= 11 is 0. The van der Waals surface area contributed by atoms with Gasteiger partial charge in [-0.1, -0.05) is 50.5 Å². The fraction of sp³-hybridized carbons (Fsp3) is 0.357. The molecule has 1 aromatic carbocycles. The normalized spacial score (nSPS) is 12.7. The lowest BCUT2D eigenvalue weighted by Crippen LogP contribution is -2.14. The quantitative estimate of drug-likeness (QED) is 0.688. The van der Waals surface area contributed by atoms with Gasteiger partial charge in [-0.2, -0.15) is 0 Å². The molecule has 0 fully saturated rings. The molecule has 0 saturated carbocycles. The lowest BCUT2D eigenvalue weighted by molar-refractivity contribution is 0.694. The molecule has 0 unspecified atom stereocenters. The van der Waals surface area contributed by atoms with Gasteiger partial charge in [-0.3, -0.25) is 0 Å². The monoisotopic (exact) mass is 200 g/mol. The molecule has 0 spiro atoms. The minimum atomic E-state index is 1.16. The first-order valence-electron chi connectivity index (χ1n) is 5.81. The van der Waals surface area contributed by atoms with Gasteiger partial charge in [0, 0.05) is 17.8 Å². The van der Waals surface area contributed by atoms with Crippen LogP contribution in [0.2, 0.25) is 0 Å². The van der Waals surface area contributed by atoms with Crippen molar-refractivity contribution in [1.82, 2.24) is 5.32 Å². The Labute approximate surface area is 92.2 Å². The number of hydrogen-bond donors (Lipinski definition) is 1. The van der Waals surface area contributed by atoms with E-state index in [-0.39, 0.29) is 0 Å². The smallest absolute Gasteiger partial charge is 0.0462 e. The number of unbranched alkanes of at least 4 members (excludes halogenated alkanes) is 3. The van der Waals surface area contributed by atoms with Gasteiger partial charge in [0.2, 0.25) is 0 Å². The Hall–Kier alpha value is -1.24. The Kier molecular flexibility index (Phi) is 3.44. The Morgan fingerprint density at radius 3 is 2.87 bits per heavy atom. The maximum atomic E-state index is 3.37. The van der Waals surface area contributed by atoms with Gasteiger partial charge in [0.25, 0.3) is 0 Å². The second-order valence-corrected chi connectivity index (χ2v) is 3.99. The number of nitrogens with one attached hydrogen (secondary N) is 1. The highest BCUT2D eigenvalue weighted by atomic mass is 14.9. The van der Waals surface area contributed by atoms with Crippen LogP contribution in [0.4, 0.5) is 0 Å². The summed E-state index contributed by atoms with van der Waals surface area (Å²) in [6.07, 6.45) is 7.27. The highest BCUT2D eigenvalue weighted by molar-refractivity contribution is 5.94. The SMILES string of the molecule is CCCCC[CH]NC1=Cc2ccccc21. The van der Waals surface area contributed by atoms with E-state index in [4.69, 9.17) is 0 Å². The molecule has 79 valence electrons.